The normalized spacial score (nSPS) is 11.1. The smallest absolute Gasteiger partial charge is 0 e. The number of allylic oxidation sites excluding steroid dienone is 1. The Labute approximate surface area is 82.5 Å². The molecule has 0 aliphatic carbocycles. The molecule has 0 heterocycles. The molecular formula is C7H11NY-2. The van der Waals surface area contributed by atoms with Gasteiger partial charge in [-0.05, 0) is 0 Å². The van der Waals surface area contributed by atoms with Crippen molar-refractivity contribution in [3.63, 3.8) is 0 Å². The van der Waals surface area contributed by atoms with Crippen molar-refractivity contribution in [1.29, 1.82) is 0 Å². The van der Waals surface area contributed by atoms with Gasteiger partial charge in [0.15, 0.2) is 0 Å². The molecular weight excluding hydrogens is 187 g/mol. The second-order valence-electron chi connectivity index (χ2n) is 1.80. The molecule has 0 saturated heterocycles. The number of hydrogen-bond acceptors (Lipinski definition) is 1. The Morgan fingerprint density at radius 1 is 1.44 bits per heavy atom. The summed E-state index contributed by atoms with van der Waals surface area (Å²) in [6.45, 7) is 5.88. The summed E-state index contributed by atoms with van der Waals surface area (Å²) in [5.74, 6) is 0.465. The van der Waals surface area contributed by atoms with Crippen molar-refractivity contribution in [3.05, 3.63) is 12.3 Å². The maximum absolute atomic E-state index is 3.73. The topological polar surface area (TPSA) is 12.4 Å². The van der Waals surface area contributed by atoms with E-state index in [4.69, 9.17) is 0 Å². The average Bonchev–Trinajstić information content (AvgIpc) is 1.66. The Morgan fingerprint density at radius 3 is 2.33 bits per heavy atom. The van der Waals surface area contributed by atoms with Crippen molar-refractivity contribution in [3.8, 4) is 0 Å². The number of hydrogen-bond donors (Lipinski definition) is 0. The summed E-state index contributed by atoms with van der Waals surface area (Å²) in [5.41, 5.74) is 0. The Hall–Kier alpha value is 0.514. The van der Waals surface area contributed by atoms with E-state index in [1.165, 1.54) is 0 Å². The Kier molecular flexibility index (Phi) is 11.6. The third-order valence-electron chi connectivity index (χ3n) is 0.602. The van der Waals surface area contributed by atoms with Crippen molar-refractivity contribution >= 4 is 6.21 Å². The van der Waals surface area contributed by atoms with Gasteiger partial charge in [-0.1, -0.05) is 13.8 Å². The first-order valence-electron chi connectivity index (χ1n) is 2.71. The minimum Gasteiger partial charge on any atom is -0.581 e. The SMILES string of the molecule is C[C-]=NC=[C-]C(C)C.[Y]. The van der Waals surface area contributed by atoms with Crippen LogP contribution in [0.4, 0.5) is 0 Å². The van der Waals surface area contributed by atoms with E-state index in [1.54, 1.807) is 13.1 Å². The summed E-state index contributed by atoms with van der Waals surface area (Å²) >= 11 is 0. The third kappa shape index (κ3) is 11.9. The summed E-state index contributed by atoms with van der Waals surface area (Å²) in [7, 11) is 0. The molecule has 0 aromatic heterocycles. The predicted octanol–water partition coefficient (Wildman–Crippen LogP) is 1.92. The van der Waals surface area contributed by atoms with Crippen LogP contribution in [0.25, 0.3) is 0 Å². The first kappa shape index (κ1) is 12.2. The van der Waals surface area contributed by atoms with Crippen LogP contribution in [0.5, 0.6) is 0 Å². The van der Waals surface area contributed by atoms with Crippen molar-refractivity contribution < 1.29 is 32.7 Å². The molecule has 0 rings (SSSR count). The van der Waals surface area contributed by atoms with Gasteiger partial charge in [0.25, 0.3) is 0 Å². The van der Waals surface area contributed by atoms with E-state index in [0.29, 0.717) is 5.92 Å². The molecule has 0 atom stereocenters. The van der Waals surface area contributed by atoms with E-state index in [-0.39, 0.29) is 32.7 Å². The minimum absolute atomic E-state index is 0. The quantitative estimate of drug-likeness (QED) is 0.474. The molecule has 0 saturated carbocycles. The predicted molar refractivity (Wildman–Crippen MR) is 35.8 cm³/mol. The first-order valence-corrected chi connectivity index (χ1v) is 2.71. The van der Waals surface area contributed by atoms with Crippen molar-refractivity contribution in [2.24, 2.45) is 10.9 Å². The van der Waals surface area contributed by atoms with Crippen LogP contribution in [0.2, 0.25) is 0 Å². The zero-order chi connectivity index (χ0) is 6.41. The summed E-state index contributed by atoms with van der Waals surface area (Å²) < 4.78 is 0. The van der Waals surface area contributed by atoms with Gasteiger partial charge in [-0.15, -0.1) is 6.92 Å². The van der Waals surface area contributed by atoms with Crippen LogP contribution in [0.1, 0.15) is 20.8 Å². The van der Waals surface area contributed by atoms with Crippen LogP contribution in [0.3, 0.4) is 0 Å². The fourth-order valence-electron chi connectivity index (χ4n) is 0.251. The van der Waals surface area contributed by atoms with Gasteiger partial charge in [0, 0.05) is 32.7 Å². The Bertz CT molecular complexity index is 95.1. The van der Waals surface area contributed by atoms with Crippen molar-refractivity contribution in [1.82, 2.24) is 0 Å². The second kappa shape index (κ2) is 8.51. The Morgan fingerprint density at radius 2 is 2.00 bits per heavy atom. The van der Waals surface area contributed by atoms with Gasteiger partial charge < -0.3 is 17.3 Å². The molecule has 1 nitrogen and oxygen atoms in total. The molecule has 0 aromatic carbocycles. The molecule has 0 spiro atoms. The molecule has 0 bridgehead atoms. The van der Waals surface area contributed by atoms with Gasteiger partial charge >= 0.3 is 0 Å². The third-order valence-corrected chi connectivity index (χ3v) is 0.602. The summed E-state index contributed by atoms with van der Waals surface area (Å²) in [6, 6.07) is 0. The molecule has 0 fully saturated rings. The van der Waals surface area contributed by atoms with Crippen LogP contribution in [-0.2, 0) is 32.7 Å². The summed E-state index contributed by atoms with van der Waals surface area (Å²) in [4.78, 5) is 3.73. The number of nitrogens with zero attached hydrogens (tertiary/aromatic N) is 1. The second-order valence-corrected chi connectivity index (χ2v) is 1.80. The van der Waals surface area contributed by atoms with Gasteiger partial charge in [-0.3, -0.25) is 0 Å². The van der Waals surface area contributed by atoms with E-state index in [1.807, 2.05) is 0 Å². The first-order chi connectivity index (χ1) is 3.77. The van der Waals surface area contributed by atoms with Gasteiger partial charge in [0.2, 0.25) is 0 Å². The molecule has 1 radical (unpaired) electrons. The van der Waals surface area contributed by atoms with E-state index in [9.17, 15) is 0 Å². The molecule has 49 valence electrons. The summed E-state index contributed by atoms with van der Waals surface area (Å²) in [6.07, 6.45) is 7.27. The molecule has 0 aliphatic heterocycles. The van der Waals surface area contributed by atoms with E-state index in [0.717, 1.165) is 0 Å². The van der Waals surface area contributed by atoms with Crippen molar-refractivity contribution in [2.75, 3.05) is 0 Å². The maximum atomic E-state index is 3.73. The van der Waals surface area contributed by atoms with E-state index in [2.05, 4.69) is 31.1 Å². The fraction of sp³-hybridized carbons (Fsp3) is 0.571. The fourth-order valence-corrected chi connectivity index (χ4v) is 0.251. The molecule has 0 amide bonds. The summed E-state index contributed by atoms with van der Waals surface area (Å²) in [5, 5.41) is 0. The number of aliphatic imine (C=N–C) groups is 1. The van der Waals surface area contributed by atoms with Gasteiger partial charge in [-0.25, -0.2) is 0 Å². The standard InChI is InChI=1S/C7H11N.Y/c1-4-8-6-5-7(2)3;/h6-7H,1-3H3;/q-2;. The van der Waals surface area contributed by atoms with Gasteiger partial charge in [-0.2, -0.15) is 12.1 Å². The van der Waals surface area contributed by atoms with Crippen LogP contribution < -0.4 is 0 Å². The molecule has 0 unspecified atom stereocenters. The minimum atomic E-state index is 0. The largest absolute Gasteiger partial charge is 0.581 e. The molecule has 0 N–H and O–H groups in total. The van der Waals surface area contributed by atoms with Crippen LogP contribution >= 0.6 is 0 Å². The van der Waals surface area contributed by atoms with Gasteiger partial charge in [0.05, 0.1) is 0 Å². The van der Waals surface area contributed by atoms with Gasteiger partial charge in [0.1, 0.15) is 0 Å². The van der Waals surface area contributed by atoms with Crippen LogP contribution in [0.15, 0.2) is 11.2 Å². The number of rotatable bonds is 2. The van der Waals surface area contributed by atoms with E-state index >= 15 is 0 Å². The monoisotopic (exact) mass is 198 g/mol. The van der Waals surface area contributed by atoms with E-state index < -0.39 is 0 Å². The molecule has 0 aliphatic rings. The molecule has 0 aromatic rings. The average molecular weight is 198 g/mol. The maximum Gasteiger partial charge on any atom is 0 e. The molecule has 9 heavy (non-hydrogen) atoms. The zero-order valence-electron chi connectivity index (χ0n) is 6.18. The Balaban J connectivity index is 0. The van der Waals surface area contributed by atoms with Crippen LogP contribution in [0, 0.1) is 12.0 Å². The van der Waals surface area contributed by atoms with Crippen molar-refractivity contribution in [2.45, 2.75) is 20.8 Å². The zero-order valence-corrected chi connectivity index (χ0v) is 9.02. The molecule has 2 heteroatoms. The van der Waals surface area contributed by atoms with Crippen LogP contribution in [-0.4, -0.2) is 6.21 Å².